The second kappa shape index (κ2) is 10.7. The fourth-order valence-electron chi connectivity index (χ4n) is 2.17. The van der Waals surface area contributed by atoms with Crippen molar-refractivity contribution in [1.29, 1.82) is 5.26 Å². The maximum atomic E-state index is 11.2. The van der Waals surface area contributed by atoms with E-state index in [9.17, 15) is 4.79 Å². The van der Waals surface area contributed by atoms with Gasteiger partial charge in [0.15, 0.2) is 11.5 Å². The van der Waals surface area contributed by atoms with Gasteiger partial charge < -0.3 is 15.2 Å². The van der Waals surface area contributed by atoms with Crippen molar-refractivity contribution in [2.45, 2.75) is 39.0 Å². The van der Waals surface area contributed by atoms with Crippen molar-refractivity contribution < 1.29 is 14.3 Å². The Morgan fingerprint density at radius 2 is 2.04 bits per heavy atom. The highest BCUT2D eigenvalue weighted by atomic mass is 79.9. The number of hydrogen-bond donors (Lipinski definition) is 1. The third-order valence-electron chi connectivity index (χ3n) is 3.44. The van der Waals surface area contributed by atoms with Crippen molar-refractivity contribution in [3.8, 4) is 17.6 Å². The fraction of sp³-hybridized carbons (Fsp3) is 0.444. The van der Waals surface area contributed by atoms with E-state index in [1.807, 2.05) is 0 Å². The van der Waals surface area contributed by atoms with Gasteiger partial charge in [-0.2, -0.15) is 5.26 Å². The van der Waals surface area contributed by atoms with Crippen LogP contribution in [0.1, 0.15) is 44.6 Å². The molecule has 1 amide bonds. The van der Waals surface area contributed by atoms with Gasteiger partial charge in [-0.1, -0.05) is 32.6 Å². The highest BCUT2D eigenvalue weighted by Crippen LogP contribution is 2.37. The molecule has 0 saturated carbocycles. The van der Waals surface area contributed by atoms with Gasteiger partial charge in [-0.05, 0) is 46.1 Å². The van der Waals surface area contributed by atoms with Crippen LogP contribution in [-0.4, -0.2) is 19.6 Å². The number of unbranched alkanes of at least 4 members (excludes halogenated alkanes) is 4. The Kier molecular flexibility index (Phi) is 8.95. The largest absolute Gasteiger partial charge is 0.493 e. The molecule has 0 aliphatic heterocycles. The minimum atomic E-state index is -0.764. The zero-order chi connectivity index (χ0) is 17.9. The van der Waals surface area contributed by atoms with Crippen LogP contribution in [0.5, 0.6) is 11.5 Å². The van der Waals surface area contributed by atoms with Crippen LogP contribution in [0, 0.1) is 11.3 Å². The van der Waals surface area contributed by atoms with Crippen molar-refractivity contribution in [3.05, 3.63) is 27.7 Å². The number of hydrogen-bond acceptors (Lipinski definition) is 4. The summed E-state index contributed by atoms with van der Waals surface area (Å²) in [4.78, 5) is 11.2. The first-order chi connectivity index (χ1) is 11.5. The number of carbonyl (C=O) groups is 1. The Hall–Kier alpha value is -2.00. The predicted octanol–water partition coefficient (Wildman–Crippen LogP) is 4.20. The second-order valence-corrected chi connectivity index (χ2v) is 6.19. The van der Waals surface area contributed by atoms with Crippen molar-refractivity contribution in [1.82, 2.24) is 0 Å². The maximum absolute atomic E-state index is 11.2. The lowest BCUT2D eigenvalue weighted by atomic mass is 10.1. The summed E-state index contributed by atoms with van der Waals surface area (Å²) in [5, 5.41) is 8.93. The van der Waals surface area contributed by atoms with E-state index >= 15 is 0 Å². The number of nitrogens with zero attached hydrogens (tertiary/aromatic N) is 1. The Morgan fingerprint density at radius 1 is 1.33 bits per heavy atom. The summed E-state index contributed by atoms with van der Waals surface area (Å²) in [7, 11) is 1.54. The van der Waals surface area contributed by atoms with Gasteiger partial charge in [-0.3, -0.25) is 4.79 Å². The SMILES string of the molecule is CCCCCCCOc1c(Br)cc(/C=C(\C#N)C(N)=O)cc1OC. The van der Waals surface area contributed by atoms with E-state index in [-0.39, 0.29) is 5.57 Å². The number of methoxy groups -OCH3 is 1. The average molecular weight is 395 g/mol. The molecule has 6 heteroatoms. The molecule has 1 rings (SSSR count). The Bertz CT molecular complexity index is 636. The minimum absolute atomic E-state index is 0.117. The average Bonchev–Trinajstić information content (AvgIpc) is 2.56. The lowest BCUT2D eigenvalue weighted by Crippen LogP contribution is -2.12. The van der Waals surface area contributed by atoms with Crippen LogP contribution < -0.4 is 15.2 Å². The summed E-state index contributed by atoms with van der Waals surface area (Å²) in [6.07, 6.45) is 7.21. The van der Waals surface area contributed by atoms with Gasteiger partial charge in [0, 0.05) is 0 Å². The molecule has 0 atom stereocenters. The first kappa shape index (κ1) is 20.0. The van der Waals surface area contributed by atoms with E-state index in [1.165, 1.54) is 25.3 Å². The van der Waals surface area contributed by atoms with E-state index in [2.05, 4.69) is 22.9 Å². The molecular formula is C18H23BrN2O3. The lowest BCUT2D eigenvalue weighted by molar-refractivity contribution is -0.114. The number of benzene rings is 1. The van der Waals surface area contributed by atoms with E-state index < -0.39 is 5.91 Å². The topological polar surface area (TPSA) is 85.3 Å². The van der Waals surface area contributed by atoms with Crippen LogP contribution in [-0.2, 0) is 4.79 Å². The number of ether oxygens (including phenoxy) is 2. The van der Waals surface area contributed by atoms with Gasteiger partial charge in [0.2, 0.25) is 0 Å². The molecule has 5 nitrogen and oxygen atoms in total. The van der Waals surface area contributed by atoms with Crippen LogP contribution in [0.4, 0.5) is 0 Å². The van der Waals surface area contributed by atoms with Crippen molar-refractivity contribution in [2.75, 3.05) is 13.7 Å². The molecule has 0 bridgehead atoms. The standard InChI is InChI=1S/C18H23BrN2O3/c1-3-4-5-6-7-8-24-17-15(19)10-13(11-16(17)23-2)9-14(12-20)18(21)22/h9-11H,3-8H2,1-2H3,(H2,21,22)/b14-9+. The molecule has 0 aliphatic rings. The van der Waals surface area contributed by atoms with Gasteiger partial charge in [0.05, 0.1) is 18.2 Å². The van der Waals surface area contributed by atoms with E-state index in [4.69, 9.17) is 20.5 Å². The number of primary amides is 1. The monoisotopic (exact) mass is 394 g/mol. The zero-order valence-corrected chi connectivity index (χ0v) is 15.7. The smallest absolute Gasteiger partial charge is 0.259 e. The quantitative estimate of drug-likeness (QED) is 0.366. The Morgan fingerprint density at radius 3 is 2.62 bits per heavy atom. The number of carbonyl (C=O) groups excluding carboxylic acids is 1. The summed E-state index contributed by atoms with van der Waals surface area (Å²) in [5.74, 6) is 0.383. The van der Waals surface area contributed by atoms with Gasteiger partial charge in [0.25, 0.3) is 5.91 Å². The highest BCUT2D eigenvalue weighted by Gasteiger charge is 2.12. The van der Waals surface area contributed by atoms with Crippen LogP contribution in [0.2, 0.25) is 0 Å². The lowest BCUT2D eigenvalue weighted by Gasteiger charge is -2.13. The molecular weight excluding hydrogens is 372 g/mol. The van der Waals surface area contributed by atoms with Crippen molar-refractivity contribution >= 4 is 27.9 Å². The zero-order valence-electron chi connectivity index (χ0n) is 14.1. The van der Waals surface area contributed by atoms with E-state index in [0.717, 1.165) is 12.8 Å². The summed E-state index contributed by atoms with van der Waals surface area (Å²) in [6, 6.07) is 5.24. The summed E-state index contributed by atoms with van der Waals surface area (Å²) >= 11 is 3.45. The molecule has 0 saturated heterocycles. The molecule has 24 heavy (non-hydrogen) atoms. The first-order valence-electron chi connectivity index (χ1n) is 7.95. The second-order valence-electron chi connectivity index (χ2n) is 5.33. The predicted molar refractivity (Wildman–Crippen MR) is 97.7 cm³/mol. The number of halogens is 1. The normalized spacial score (nSPS) is 11.0. The number of rotatable bonds is 10. The number of nitriles is 1. The van der Waals surface area contributed by atoms with Crippen LogP contribution in [0.15, 0.2) is 22.2 Å². The molecule has 0 fully saturated rings. The van der Waals surface area contributed by atoms with Gasteiger partial charge in [-0.25, -0.2) is 0 Å². The van der Waals surface area contributed by atoms with Gasteiger partial charge in [0.1, 0.15) is 11.6 Å². The molecule has 1 aromatic carbocycles. The molecule has 0 aromatic heterocycles. The molecule has 0 aliphatic carbocycles. The van der Waals surface area contributed by atoms with Gasteiger partial charge >= 0.3 is 0 Å². The molecule has 130 valence electrons. The first-order valence-corrected chi connectivity index (χ1v) is 8.74. The molecule has 2 N–H and O–H groups in total. The third kappa shape index (κ3) is 6.25. The Balaban J connectivity index is 2.85. The Labute approximate surface area is 151 Å². The van der Waals surface area contributed by atoms with Crippen LogP contribution in [0.25, 0.3) is 6.08 Å². The number of nitrogens with two attached hydrogens (primary N) is 1. The summed E-state index contributed by atoms with van der Waals surface area (Å²) in [6.45, 7) is 2.79. The number of amides is 1. The minimum Gasteiger partial charge on any atom is -0.493 e. The third-order valence-corrected chi connectivity index (χ3v) is 4.03. The maximum Gasteiger partial charge on any atom is 0.259 e. The summed E-state index contributed by atoms with van der Waals surface area (Å²) < 4.78 is 11.9. The molecule has 0 unspecified atom stereocenters. The van der Waals surface area contributed by atoms with Crippen LogP contribution >= 0.6 is 15.9 Å². The molecule has 0 spiro atoms. The highest BCUT2D eigenvalue weighted by molar-refractivity contribution is 9.10. The van der Waals surface area contributed by atoms with Crippen molar-refractivity contribution in [2.24, 2.45) is 5.73 Å². The molecule has 0 radical (unpaired) electrons. The van der Waals surface area contributed by atoms with E-state index in [1.54, 1.807) is 25.3 Å². The van der Waals surface area contributed by atoms with Crippen molar-refractivity contribution in [3.63, 3.8) is 0 Å². The van der Waals surface area contributed by atoms with Gasteiger partial charge in [-0.15, -0.1) is 0 Å². The molecule has 1 aromatic rings. The van der Waals surface area contributed by atoms with Crippen LogP contribution in [0.3, 0.4) is 0 Å². The molecule has 0 heterocycles. The van der Waals surface area contributed by atoms with E-state index in [0.29, 0.717) is 28.1 Å². The summed E-state index contributed by atoms with van der Waals surface area (Å²) in [5.41, 5.74) is 5.66. The fourth-order valence-corrected chi connectivity index (χ4v) is 2.74.